The van der Waals surface area contributed by atoms with Gasteiger partial charge in [0.2, 0.25) is 11.8 Å². The summed E-state index contributed by atoms with van der Waals surface area (Å²) in [4.78, 5) is 29.2. The highest BCUT2D eigenvalue weighted by Crippen LogP contribution is 2.46. The smallest absolute Gasteiger partial charge is 0.235 e. The lowest BCUT2D eigenvalue weighted by molar-refractivity contribution is -0.129. The normalized spacial score (nSPS) is 23.3. The molecule has 0 saturated carbocycles. The average Bonchev–Trinajstić information content (AvgIpc) is 3.33. The van der Waals surface area contributed by atoms with Crippen LogP contribution < -0.4 is 10.1 Å². The molecule has 0 bridgehead atoms. The molecule has 2 saturated heterocycles. The van der Waals surface area contributed by atoms with Crippen LogP contribution in [-0.2, 0) is 21.4 Å². The summed E-state index contributed by atoms with van der Waals surface area (Å²) in [6.45, 7) is 3.99. The number of benzene rings is 2. The quantitative estimate of drug-likeness (QED) is 0.743. The molecule has 0 aromatic heterocycles. The summed E-state index contributed by atoms with van der Waals surface area (Å²) in [5.74, 6) is 1.29. The first-order valence-electron chi connectivity index (χ1n) is 11.9. The molecule has 1 spiro atoms. The molecule has 2 amide bonds. The molecule has 4 aliphatic heterocycles. The van der Waals surface area contributed by atoms with E-state index in [1.807, 2.05) is 29.2 Å². The second kappa shape index (κ2) is 8.03. The van der Waals surface area contributed by atoms with Gasteiger partial charge in [0.15, 0.2) is 0 Å². The molecule has 4 aliphatic rings. The van der Waals surface area contributed by atoms with E-state index in [1.165, 1.54) is 11.1 Å². The molecule has 7 heteroatoms. The summed E-state index contributed by atoms with van der Waals surface area (Å²) in [7, 11) is 0. The summed E-state index contributed by atoms with van der Waals surface area (Å²) >= 11 is 6.22. The fourth-order valence-electron chi connectivity index (χ4n) is 6.12. The molecule has 2 fully saturated rings. The topological polar surface area (TPSA) is 61.9 Å². The van der Waals surface area contributed by atoms with Crippen LogP contribution in [0.2, 0.25) is 5.02 Å². The van der Waals surface area contributed by atoms with E-state index in [0.717, 1.165) is 68.9 Å². The summed E-state index contributed by atoms with van der Waals surface area (Å²) in [6.07, 6.45) is 4.08. The SMILES string of the molecule is O=C1CC[C@H]2c3ccc(OCCN4CCC5(CC4)C(=O)Nc4ccc(Cl)cc45)cc3CCN12. The number of anilines is 1. The molecule has 0 radical (unpaired) electrons. The molecule has 2 aromatic carbocycles. The van der Waals surface area contributed by atoms with Gasteiger partial charge < -0.3 is 15.0 Å². The van der Waals surface area contributed by atoms with E-state index in [-0.39, 0.29) is 17.9 Å². The predicted molar refractivity (Wildman–Crippen MR) is 127 cm³/mol. The molecular weight excluding hydrogens is 438 g/mol. The van der Waals surface area contributed by atoms with E-state index in [2.05, 4.69) is 22.3 Å². The molecule has 6 nitrogen and oxygen atoms in total. The van der Waals surface area contributed by atoms with Crippen molar-refractivity contribution in [3.63, 3.8) is 0 Å². The Morgan fingerprint density at radius 3 is 2.76 bits per heavy atom. The van der Waals surface area contributed by atoms with Crippen molar-refractivity contribution in [3.8, 4) is 5.75 Å². The van der Waals surface area contributed by atoms with E-state index < -0.39 is 5.41 Å². The number of carbonyl (C=O) groups is 2. The molecule has 0 aliphatic carbocycles. The van der Waals surface area contributed by atoms with E-state index in [4.69, 9.17) is 16.3 Å². The lowest BCUT2D eigenvalue weighted by atomic mass is 9.73. The number of nitrogens with one attached hydrogen (secondary N) is 1. The number of ether oxygens (including phenoxy) is 1. The van der Waals surface area contributed by atoms with E-state index in [0.29, 0.717) is 18.1 Å². The second-order valence-electron chi connectivity index (χ2n) is 9.67. The van der Waals surface area contributed by atoms with Crippen molar-refractivity contribution >= 4 is 29.1 Å². The first-order valence-corrected chi connectivity index (χ1v) is 12.3. The average molecular weight is 466 g/mol. The number of carbonyl (C=O) groups excluding carboxylic acids is 2. The number of hydrogen-bond donors (Lipinski definition) is 1. The first-order chi connectivity index (χ1) is 16.0. The van der Waals surface area contributed by atoms with E-state index in [9.17, 15) is 9.59 Å². The van der Waals surface area contributed by atoms with Crippen molar-refractivity contribution in [2.24, 2.45) is 0 Å². The minimum Gasteiger partial charge on any atom is -0.492 e. The predicted octanol–water partition coefficient (Wildman–Crippen LogP) is 3.92. The maximum atomic E-state index is 12.8. The summed E-state index contributed by atoms with van der Waals surface area (Å²) in [6, 6.07) is 12.3. The molecule has 4 heterocycles. The Labute approximate surface area is 198 Å². The van der Waals surface area contributed by atoms with Gasteiger partial charge in [0.1, 0.15) is 12.4 Å². The van der Waals surface area contributed by atoms with Crippen LogP contribution in [0.1, 0.15) is 48.4 Å². The number of amides is 2. The van der Waals surface area contributed by atoms with Crippen LogP contribution in [-0.4, -0.2) is 54.4 Å². The van der Waals surface area contributed by atoms with Gasteiger partial charge in [0, 0.05) is 30.2 Å². The molecule has 0 unspecified atom stereocenters. The fourth-order valence-corrected chi connectivity index (χ4v) is 6.30. The zero-order chi connectivity index (χ0) is 22.6. The van der Waals surface area contributed by atoms with Crippen LogP contribution in [0.25, 0.3) is 0 Å². The maximum Gasteiger partial charge on any atom is 0.235 e. The van der Waals surface area contributed by atoms with Gasteiger partial charge in [-0.25, -0.2) is 0 Å². The third-order valence-electron chi connectivity index (χ3n) is 7.99. The van der Waals surface area contributed by atoms with Crippen LogP contribution in [0, 0.1) is 0 Å². The molecule has 33 heavy (non-hydrogen) atoms. The van der Waals surface area contributed by atoms with Crippen LogP contribution >= 0.6 is 11.6 Å². The van der Waals surface area contributed by atoms with Crippen molar-refractivity contribution in [1.82, 2.24) is 9.80 Å². The number of piperidine rings is 1. The number of hydrogen-bond acceptors (Lipinski definition) is 4. The number of halogens is 1. The Morgan fingerprint density at radius 1 is 1.06 bits per heavy atom. The van der Waals surface area contributed by atoms with Crippen molar-refractivity contribution in [2.45, 2.75) is 43.6 Å². The highest BCUT2D eigenvalue weighted by molar-refractivity contribution is 6.31. The molecule has 2 aromatic rings. The number of likely N-dealkylation sites (tertiary alicyclic amines) is 1. The largest absolute Gasteiger partial charge is 0.492 e. The fraction of sp³-hybridized carbons (Fsp3) is 0.462. The van der Waals surface area contributed by atoms with Crippen LogP contribution in [0.4, 0.5) is 5.69 Å². The lowest BCUT2D eigenvalue weighted by Gasteiger charge is -2.38. The van der Waals surface area contributed by atoms with Gasteiger partial charge in [-0.3, -0.25) is 14.5 Å². The third-order valence-corrected chi connectivity index (χ3v) is 8.22. The zero-order valence-electron chi connectivity index (χ0n) is 18.6. The standard InChI is InChI=1S/C26H28ClN3O3/c27-18-1-4-22-21(16-18)26(25(32)28-22)8-11-29(12-9-26)13-14-33-19-2-3-20-17(15-19)7-10-30-23(20)5-6-24(30)31/h1-4,15-16,23H,5-14H2,(H,28,32)/t23-/m0/s1. The minimum atomic E-state index is -0.453. The maximum absolute atomic E-state index is 12.8. The van der Waals surface area contributed by atoms with Gasteiger partial charge in [0.05, 0.1) is 11.5 Å². The van der Waals surface area contributed by atoms with Gasteiger partial charge in [-0.05, 0) is 85.8 Å². The Morgan fingerprint density at radius 2 is 1.91 bits per heavy atom. The van der Waals surface area contributed by atoms with Gasteiger partial charge in [0.25, 0.3) is 0 Å². The van der Waals surface area contributed by atoms with Crippen LogP contribution in [0.3, 0.4) is 0 Å². The van der Waals surface area contributed by atoms with Crippen LogP contribution in [0.15, 0.2) is 36.4 Å². The summed E-state index contributed by atoms with van der Waals surface area (Å²) in [5, 5.41) is 3.72. The molecule has 6 rings (SSSR count). The molecular formula is C26H28ClN3O3. The van der Waals surface area contributed by atoms with Gasteiger partial charge >= 0.3 is 0 Å². The Balaban J connectivity index is 1.05. The summed E-state index contributed by atoms with van der Waals surface area (Å²) < 4.78 is 6.10. The Kier molecular flexibility index (Phi) is 5.11. The molecule has 1 N–H and O–H groups in total. The lowest BCUT2D eigenvalue weighted by Crippen LogP contribution is -2.47. The van der Waals surface area contributed by atoms with Gasteiger partial charge in [-0.1, -0.05) is 17.7 Å². The molecule has 172 valence electrons. The van der Waals surface area contributed by atoms with Gasteiger partial charge in [-0.15, -0.1) is 0 Å². The monoisotopic (exact) mass is 465 g/mol. The summed E-state index contributed by atoms with van der Waals surface area (Å²) in [5.41, 5.74) is 4.10. The van der Waals surface area contributed by atoms with Crippen molar-refractivity contribution < 1.29 is 14.3 Å². The zero-order valence-corrected chi connectivity index (χ0v) is 19.4. The first kappa shape index (κ1) is 21.0. The molecule has 1 atom stereocenters. The Bertz CT molecular complexity index is 1130. The number of fused-ring (bicyclic) bond motifs is 5. The van der Waals surface area contributed by atoms with E-state index >= 15 is 0 Å². The Hall–Kier alpha value is -2.57. The number of nitrogens with zero attached hydrogens (tertiary/aromatic N) is 2. The third kappa shape index (κ3) is 3.51. The highest BCUT2D eigenvalue weighted by atomic mass is 35.5. The highest BCUT2D eigenvalue weighted by Gasteiger charge is 2.48. The van der Waals surface area contributed by atoms with Crippen molar-refractivity contribution in [2.75, 3.05) is 38.1 Å². The second-order valence-corrected chi connectivity index (χ2v) is 10.1. The number of rotatable bonds is 4. The van der Waals surface area contributed by atoms with Crippen LogP contribution in [0.5, 0.6) is 5.75 Å². The van der Waals surface area contributed by atoms with Crippen molar-refractivity contribution in [3.05, 3.63) is 58.1 Å². The van der Waals surface area contributed by atoms with E-state index in [1.54, 1.807) is 0 Å². The van der Waals surface area contributed by atoms with Crippen molar-refractivity contribution in [1.29, 1.82) is 0 Å². The van der Waals surface area contributed by atoms with Gasteiger partial charge in [-0.2, -0.15) is 0 Å². The minimum absolute atomic E-state index is 0.104.